The van der Waals surface area contributed by atoms with Crippen LogP contribution >= 0.6 is 11.8 Å². The first-order valence-corrected chi connectivity index (χ1v) is 7.38. The van der Waals surface area contributed by atoms with E-state index in [1.807, 2.05) is 11.8 Å². The van der Waals surface area contributed by atoms with Crippen molar-refractivity contribution in [2.24, 2.45) is 0 Å². The molecule has 0 saturated carbocycles. The summed E-state index contributed by atoms with van der Waals surface area (Å²) in [5.74, 6) is 1.18. The molecule has 0 aromatic heterocycles. The Hall–Kier alpha value is -0.510. The summed E-state index contributed by atoms with van der Waals surface area (Å²) >= 11 is 1.97. The summed E-state index contributed by atoms with van der Waals surface area (Å²) in [5, 5.41) is 3.40. The van der Waals surface area contributed by atoms with Crippen molar-refractivity contribution in [2.45, 2.75) is 24.8 Å². The first-order chi connectivity index (χ1) is 8.25. The van der Waals surface area contributed by atoms with E-state index in [9.17, 15) is 0 Å². The van der Waals surface area contributed by atoms with Gasteiger partial charge in [-0.25, -0.2) is 0 Å². The molecule has 0 aliphatic carbocycles. The maximum atomic E-state index is 3.40. The first-order valence-electron chi connectivity index (χ1n) is 6.40. The Labute approximate surface area is 109 Å². The van der Waals surface area contributed by atoms with Crippen LogP contribution in [0, 0.1) is 6.92 Å². The van der Waals surface area contributed by atoms with Gasteiger partial charge in [0.2, 0.25) is 0 Å². The fourth-order valence-electron chi connectivity index (χ4n) is 2.08. The molecule has 1 saturated heterocycles. The molecule has 17 heavy (non-hydrogen) atoms. The van der Waals surface area contributed by atoms with Crippen molar-refractivity contribution in [1.82, 2.24) is 10.2 Å². The van der Waals surface area contributed by atoms with Gasteiger partial charge in [0, 0.05) is 42.9 Å². The smallest absolute Gasteiger partial charge is 0.0162 e. The van der Waals surface area contributed by atoms with Gasteiger partial charge < -0.3 is 5.32 Å². The van der Waals surface area contributed by atoms with Crippen molar-refractivity contribution in [3.05, 3.63) is 29.8 Å². The molecular weight excluding hydrogens is 228 g/mol. The number of benzene rings is 1. The van der Waals surface area contributed by atoms with Gasteiger partial charge in [-0.05, 0) is 26.0 Å². The third-order valence-corrected chi connectivity index (χ3v) is 4.54. The third-order valence-electron chi connectivity index (χ3n) is 3.29. The zero-order valence-corrected chi connectivity index (χ0v) is 11.6. The zero-order valence-electron chi connectivity index (χ0n) is 10.8. The van der Waals surface area contributed by atoms with Crippen molar-refractivity contribution in [2.75, 3.05) is 31.9 Å². The second-order valence-corrected chi connectivity index (χ2v) is 5.85. The van der Waals surface area contributed by atoms with Crippen molar-refractivity contribution in [1.29, 1.82) is 0 Å². The molecule has 1 aromatic rings. The number of thioether (sulfide) groups is 1. The molecule has 1 atom stereocenters. The second-order valence-electron chi connectivity index (χ2n) is 4.76. The molecular formula is C14H22N2S. The van der Waals surface area contributed by atoms with E-state index in [1.165, 1.54) is 29.3 Å². The van der Waals surface area contributed by atoms with Gasteiger partial charge in [-0.1, -0.05) is 17.7 Å². The van der Waals surface area contributed by atoms with Crippen LogP contribution in [0.4, 0.5) is 0 Å². The predicted molar refractivity (Wildman–Crippen MR) is 75.8 cm³/mol. The highest BCUT2D eigenvalue weighted by Gasteiger charge is 2.16. The van der Waals surface area contributed by atoms with E-state index < -0.39 is 0 Å². The van der Waals surface area contributed by atoms with E-state index in [0.717, 1.165) is 13.1 Å². The molecule has 3 heteroatoms. The summed E-state index contributed by atoms with van der Waals surface area (Å²) in [4.78, 5) is 3.97. The lowest BCUT2D eigenvalue weighted by Crippen LogP contribution is -2.48. The normalized spacial score (nSPS) is 19.2. The fourth-order valence-corrected chi connectivity index (χ4v) is 3.05. The molecule has 1 heterocycles. The lowest BCUT2D eigenvalue weighted by Gasteiger charge is -2.32. The summed E-state index contributed by atoms with van der Waals surface area (Å²) in [5.41, 5.74) is 1.34. The minimum absolute atomic E-state index is 0.670. The Morgan fingerprint density at radius 1 is 1.24 bits per heavy atom. The largest absolute Gasteiger partial charge is 0.314 e. The number of rotatable bonds is 4. The molecule has 0 spiro atoms. The van der Waals surface area contributed by atoms with Gasteiger partial charge in [0.25, 0.3) is 0 Å². The lowest BCUT2D eigenvalue weighted by atomic mass is 10.2. The van der Waals surface area contributed by atoms with Crippen LogP contribution in [-0.2, 0) is 0 Å². The van der Waals surface area contributed by atoms with Gasteiger partial charge in [-0.2, -0.15) is 0 Å². The first kappa shape index (κ1) is 12.9. The molecule has 1 aliphatic rings. The summed E-state index contributed by atoms with van der Waals surface area (Å²) in [6.45, 7) is 9.13. The average Bonchev–Trinajstić information content (AvgIpc) is 2.39. The lowest BCUT2D eigenvalue weighted by molar-refractivity contribution is 0.198. The van der Waals surface area contributed by atoms with Gasteiger partial charge in [0.15, 0.2) is 0 Å². The Kier molecular flexibility index (Phi) is 4.89. The van der Waals surface area contributed by atoms with Gasteiger partial charge in [-0.3, -0.25) is 4.90 Å². The highest BCUT2D eigenvalue weighted by molar-refractivity contribution is 7.99. The van der Waals surface area contributed by atoms with E-state index in [2.05, 4.69) is 48.3 Å². The van der Waals surface area contributed by atoms with Crippen LogP contribution in [-0.4, -0.2) is 42.9 Å². The second kappa shape index (κ2) is 6.43. The van der Waals surface area contributed by atoms with Crippen molar-refractivity contribution < 1.29 is 0 Å². The number of aryl methyl sites for hydroxylation is 1. The van der Waals surface area contributed by atoms with Crippen LogP contribution in [0.15, 0.2) is 29.2 Å². The summed E-state index contributed by atoms with van der Waals surface area (Å²) in [6.07, 6.45) is 0. The molecule has 1 aliphatic heterocycles. The topological polar surface area (TPSA) is 15.3 Å². The Bertz CT molecular complexity index is 331. The predicted octanol–water partition coefficient (Wildman–Crippen LogP) is 2.38. The highest BCUT2D eigenvalue weighted by atomic mass is 32.2. The van der Waals surface area contributed by atoms with E-state index >= 15 is 0 Å². The Morgan fingerprint density at radius 2 is 1.88 bits per heavy atom. The Morgan fingerprint density at radius 3 is 2.53 bits per heavy atom. The van der Waals surface area contributed by atoms with Crippen LogP contribution in [0.2, 0.25) is 0 Å². The molecule has 2 rings (SSSR count). The molecule has 0 radical (unpaired) electrons. The molecule has 1 unspecified atom stereocenters. The Balaban J connectivity index is 1.78. The molecule has 1 aromatic carbocycles. The maximum Gasteiger partial charge on any atom is 0.0162 e. The quantitative estimate of drug-likeness (QED) is 0.826. The number of hydrogen-bond donors (Lipinski definition) is 1. The summed E-state index contributed by atoms with van der Waals surface area (Å²) in [6, 6.07) is 9.51. The minimum atomic E-state index is 0.670. The highest BCUT2D eigenvalue weighted by Crippen LogP contribution is 2.20. The van der Waals surface area contributed by atoms with E-state index in [1.54, 1.807) is 0 Å². The third kappa shape index (κ3) is 4.02. The van der Waals surface area contributed by atoms with Gasteiger partial charge in [0.1, 0.15) is 0 Å². The van der Waals surface area contributed by atoms with E-state index in [0.29, 0.717) is 6.04 Å². The molecule has 0 bridgehead atoms. The average molecular weight is 250 g/mol. The van der Waals surface area contributed by atoms with Crippen molar-refractivity contribution in [3.8, 4) is 0 Å². The number of nitrogens with one attached hydrogen (secondary N) is 1. The van der Waals surface area contributed by atoms with Gasteiger partial charge in [-0.15, -0.1) is 11.8 Å². The molecule has 94 valence electrons. The van der Waals surface area contributed by atoms with E-state index in [-0.39, 0.29) is 0 Å². The molecule has 1 fully saturated rings. The molecule has 2 nitrogen and oxygen atoms in total. The standard InChI is InChI=1S/C14H22N2S/c1-12-3-5-14(6-4-12)17-11-13(2)16-9-7-15-8-10-16/h3-6,13,15H,7-11H2,1-2H3. The molecule has 1 N–H and O–H groups in total. The maximum absolute atomic E-state index is 3.40. The molecule has 0 amide bonds. The van der Waals surface area contributed by atoms with Crippen LogP contribution in [0.5, 0.6) is 0 Å². The zero-order chi connectivity index (χ0) is 12.1. The minimum Gasteiger partial charge on any atom is -0.314 e. The van der Waals surface area contributed by atoms with Gasteiger partial charge >= 0.3 is 0 Å². The number of piperazine rings is 1. The van der Waals surface area contributed by atoms with E-state index in [4.69, 9.17) is 0 Å². The number of nitrogens with zero attached hydrogens (tertiary/aromatic N) is 1. The number of hydrogen-bond acceptors (Lipinski definition) is 3. The van der Waals surface area contributed by atoms with Crippen LogP contribution in [0.25, 0.3) is 0 Å². The summed E-state index contributed by atoms with van der Waals surface area (Å²) in [7, 11) is 0. The van der Waals surface area contributed by atoms with Crippen molar-refractivity contribution >= 4 is 11.8 Å². The summed E-state index contributed by atoms with van der Waals surface area (Å²) < 4.78 is 0. The fraction of sp³-hybridized carbons (Fsp3) is 0.571. The van der Waals surface area contributed by atoms with Crippen LogP contribution < -0.4 is 5.32 Å². The van der Waals surface area contributed by atoms with Crippen LogP contribution in [0.3, 0.4) is 0 Å². The monoisotopic (exact) mass is 250 g/mol. The van der Waals surface area contributed by atoms with Gasteiger partial charge in [0.05, 0.1) is 0 Å². The van der Waals surface area contributed by atoms with Crippen molar-refractivity contribution in [3.63, 3.8) is 0 Å². The SMILES string of the molecule is Cc1ccc(SCC(C)N2CCNCC2)cc1. The van der Waals surface area contributed by atoms with Crippen LogP contribution in [0.1, 0.15) is 12.5 Å².